The maximum Gasteiger partial charge on any atom is 0.164 e. The Morgan fingerprint density at radius 2 is 0.810 bits per heavy atom. The highest BCUT2D eigenvalue weighted by molar-refractivity contribution is 6.06. The third-order valence-electron chi connectivity index (χ3n) is 11.8. The lowest BCUT2D eigenvalue weighted by atomic mass is 9.80. The van der Waals surface area contributed by atoms with Crippen LogP contribution in [-0.2, 0) is 5.41 Å². The number of furan rings is 1. The number of aromatic nitrogens is 3. The molecule has 4 nitrogen and oxygen atoms in total. The molecule has 0 amide bonds. The number of benzene rings is 8. The van der Waals surface area contributed by atoms with Crippen molar-refractivity contribution in [2.45, 2.75) is 19.3 Å². The molecule has 2 heterocycles. The summed E-state index contributed by atoms with van der Waals surface area (Å²) in [4.78, 5) is 14.7. The van der Waals surface area contributed by atoms with Crippen LogP contribution in [0.1, 0.15) is 25.0 Å². The standard InChI is InChI=1S/C54H37N3O/c1-54(2)47-19-11-9-17-41(47)46-32-44(40-29-30-43-42-18-10-12-20-49(42)58-50(43)31-40)45(33-48(46)54)36-25-21-34(22-26-36)35-23-27-39(28-24-35)53-56-51(37-13-5-3-6-14-37)55-52(57-53)38-15-7-4-8-16-38/h3-33H,1-2H3. The topological polar surface area (TPSA) is 51.8 Å². The van der Waals surface area contributed by atoms with Gasteiger partial charge in [-0.2, -0.15) is 0 Å². The average molecular weight is 744 g/mol. The summed E-state index contributed by atoms with van der Waals surface area (Å²) in [7, 11) is 0. The molecular formula is C54H37N3O. The third kappa shape index (κ3) is 5.64. The van der Waals surface area contributed by atoms with Crippen molar-refractivity contribution in [1.29, 1.82) is 0 Å². The van der Waals surface area contributed by atoms with Gasteiger partial charge in [0.2, 0.25) is 0 Å². The number of hydrogen-bond donors (Lipinski definition) is 0. The molecule has 0 fully saturated rings. The summed E-state index contributed by atoms with van der Waals surface area (Å²) < 4.78 is 6.38. The number of fused-ring (bicyclic) bond motifs is 6. The van der Waals surface area contributed by atoms with Gasteiger partial charge in [0.05, 0.1) is 0 Å². The van der Waals surface area contributed by atoms with E-state index in [1.807, 2.05) is 72.8 Å². The molecule has 0 radical (unpaired) electrons. The molecule has 0 unspecified atom stereocenters. The zero-order valence-corrected chi connectivity index (χ0v) is 32.1. The van der Waals surface area contributed by atoms with Crippen molar-refractivity contribution in [2.75, 3.05) is 0 Å². The van der Waals surface area contributed by atoms with E-state index in [0.29, 0.717) is 17.5 Å². The number of rotatable bonds is 6. The second-order valence-corrected chi connectivity index (χ2v) is 15.6. The lowest BCUT2D eigenvalue weighted by Crippen LogP contribution is -2.15. The highest BCUT2D eigenvalue weighted by Crippen LogP contribution is 2.52. The van der Waals surface area contributed by atoms with E-state index >= 15 is 0 Å². The van der Waals surface area contributed by atoms with Gasteiger partial charge >= 0.3 is 0 Å². The average Bonchev–Trinajstić information content (AvgIpc) is 3.77. The van der Waals surface area contributed by atoms with Crippen LogP contribution in [0.3, 0.4) is 0 Å². The van der Waals surface area contributed by atoms with E-state index in [0.717, 1.165) is 55.3 Å². The molecule has 8 aromatic carbocycles. The number of para-hydroxylation sites is 1. The molecule has 1 aliphatic carbocycles. The van der Waals surface area contributed by atoms with E-state index in [-0.39, 0.29) is 5.41 Å². The molecule has 0 aliphatic heterocycles. The number of hydrogen-bond acceptors (Lipinski definition) is 4. The first kappa shape index (κ1) is 33.9. The lowest BCUT2D eigenvalue weighted by Gasteiger charge is -2.23. The van der Waals surface area contributed by atoms with Gasteiger partial charge in [0, 0.05) is 32.9 Å². The Labute approximate surface area is 337 Å². The summed E-state index contributed by atoms with van der Waals surface area (Å²) in [6, 6.07) is 66.3. The van der Waals surface area contributed by atoms with Crippen LogP contribution < -0.4 is 0 Å². The Morgan fingerprint density at radius 1 is 0.328 bits per heavy atom. The van der Waals surface area contributed by atoms with Crippen LogP contribution in [0.2, 0.25) is 0 Å². The first-order chi connectivity index (χ1) is 28.5. The fourth-order valence-electron chi connectivity index (χ4n) is 8.71. The van der Waals surface area contributed by atoms with Gasteiger partial charge in [-0.25, -0.2) is 15.0 Å². The van der Waals surface area contributed by atoms with Crippen LogP contribution in [0.25, 0.3) is 101 Å². The predicted octanol–water partition coefficient (Wildman–Crippen LogP) is 14.1. The quantitative estimate of drug-likeness (QED) is 0.170. The normalized spacial score (nSPS) is 12.8. The predicted molar refractivity (Wildman–Crippen MR) is 237 cm³/mol. The van der Waals surface area contributed by atoms with Gasteiger partial charge in [-0.1, -0.05) is 172 Å². The van der Waals surface area contributed by atoms with E-state index in [9.17, 15) is 0 Å². The minimum Gasteiger partial charge on any atom is -0.456 e. The molecule has 0 N–H and O–H groups in total. The molecule has 1 aliphatic rings. The molecule has 0 atom stereocenters. The van der Waals surface area contributed by atoms with Gasteiger partial charge in [-0.15, -0.1) is 0 Å². The van der Waals surface area contributed by atoms with Crippen molar-refractivity contribution in [2.24, 2.45) is 0 Å². The van der Waals surface area contributed by atoms with Crippen molar-refractivity contribution in [3.05, 3.63) is 199 Å². The van der Waals surface area contributed by atoms with E-state index < -0.39 is 0 Å². The van der Waals surface area contributed by atoms with Crippen LogP contribution in [-0.4, -0.2) is 15.0 Å². The summed E-state index contributed by atoms with van der Waals surface area (Å²) in [5, 5.41) is 2.27. The molecule has 0 saturated heterocycles. The zero-order valence-electron chi connectivity index (χ0n) is 32.1. The molecule has 0 spiro atoms. The highest BCUT2D eigenvalue weighted by Gasteiger charge is 2.36. The fourth-order valence-corrected chi connectivity index (χ4v) is 8.71. The summed E-state index contributed by atoms with van der Waals surface area (Å²) >= 11 is 0. The smallest absolute Gasteiger partial charge is 0.164 e. The summed E-state index contributed by atoms with van der Waals surface area (Å²) in [5.41, 5.74) is 16.8. The fraction of sp³-hybridized carbons (Fsp3) is 0.0556. The molecule has 274 valence electrons. The molecule has 0 bridgehead atoms. The maximum atomic E-state index is 6.38. The lowest BCUT2D eigenvalue weighted by molar-refractivity contribution is 0.660. The van der Waals surface area contributed by atoms with Crippen LogP contribution >= 0.6 is 0 Å². The van der Waals surface area contributed by atoms with E-state index in [2.05, 4.69) is 129 Å². The third-order valence-corrected chi connectivity index (χ3v) is 11.8. The summed E-state index contributed by atoms with van der Waals surface area (Å²) in [6.45, 7) is 4.69. The highest BCUT2D eigenvalue weighted by atomic mass is 16.3. The van der Waals surface area contributed by atoms with E-state index in [1.165, 1.54) is 38.9 Å². The zero-order chi connectivity index (χ0) is 38.8. The minimum absolute atomic E-state index is 0.119. The summed E-state index contributed by atoms with van der Waals surface area (Å²) in [5.74, 6) is 1.95. The molecule has 0 saturated carbocycles. The van der Waals surface area contributed by atoms with Gasteiger partial charge in [0.1, 0.15) is 11.2 Å². The molecule has 58 heavy (non-hydrogen) atoms. The van der Waals surface area contributed by atoms with Crippen molar-refractivity contribution in [1.82, 2.24) is 15.0 Å². The SMILES string of the molecule is CC1(C)c2ccccc2-c2cc(-c3ccc4c(c3)oc3ccccc34)c(-c3ccc(-c4ccc(-c5nc(-c6ccccc6)nc(-c6ccccc6)n5)cc4)cc3)cc21. The minimum atomic E-state index is -0.119. The Bertz CT molecular complexity index is 3110. The van der Waals surface area contributed by atoms with Crippen molar-refractivity contribution >= 4 is 21.9 Å². The van der Waals surface area contributed by atoms with Gasteiger partial charge in [0.25, 0.3) is 0 Å². The Hall–Kier alpha value is -7.43. The monoisotopic (exact) mass is 743 g/mol. The van der Waals surface area contributed by atoms with Crippen LogP contribution in [0.5, 0.6) is 0 Å². The maximum absolute atomic E-state index is 6.38. The molecule has 2 aromatic heterocycles. The van der Waals surface area contributed by atoms with Crippen LogP contribution in [0.4, 0.5) is 0 Å². The molecule has 11 rings (SSSR count). The molecular weight excluding hydrogens is 707 g/mol. The summed E-state index contributed by atoms with van der Waals surface area (Å²) in [6.07, 6.45) is 0. The Morgan fingerprint density at radius 3 is 1.47 bits per heavy atom. The van der Waals surface area contributed by atoms with Crippen LogP contribution in [0.15, 0.2) is 192 Å². The molecule has 4 heteroatoms. The van der Waals surface area contributed by atoms with Gasteiger partial charge in [0.15, 0.2) is 17.5 Å². The van der Waals surface area contributed by atoms with Gasteiger partial charge in [-0.05, 0) is 86.0 Å². The second kappa shape index (κ2) is 13.4. The Kier molecular flexibility index (Phi) is 7.80. The van der Waals surface area contributed by atoms with Crippen molar-refractivity contribution in [3.63, 3.8) is 0 Å². The van der Waals surface area contributed by atoms with E-state index in [1.54, 1.807) is 0 Å². The van der Waals surface area contributed by atoms with Gasteiger partial charge in [-0.3, -0.25) is 0 Å². The van der Waals surface area contributed by atoms with Crippen molar-refractivity contribution < 1.29 is 4.42 Å². The first-order valence-electron chi connectivity index (χ1n) is 19.8. The second-order valence-electron chi connectivity index (χ2n) is 15.6. The van der Waals surface area contributed by atoms with Gasteiger partial charge < -0.3 is 4.42 Å². The largest absolute Gasteiger partial charge is 0.456 e. The van der Waals surface area contributed by atoms with E-state index in [4.69, 9.17) is 19.4 Å². The van der Waals surface area contributed by atoms with Crippen molar-refractivity contribution in [3.8, 4) is 78.7 Å². The Balaban J connectivity index is 0.976. The van der Waals surface area contributed by atoms with Crippen LogP contribution in [0, 0.1) is 0 Å². The number of nitrogens with zero attached hydrogens (tertiary/aromatic N) is 3. The molecule has 10 aromatic rings. The first-order valence-corrected chi connectivity index (χ1v) is 19.8.